The fraction of sp³-hybridized carbons (Fsp3) is 0.222. The highest BCUT2D eigenvalue weighted by Crippen LogP contribution is 2.26. The number of hydrogen-bond acceptors (Lipinski definition) is 3. The topological polar surface area (TPSA) is 54.3 Å². The first-order chi connectivity index (χ1) is 11.1. The van der Waals surface area contributed by atoms with Crippen molar-refractivity contribution < 1.29 is 9.21 Å². The molecule has 120 valence electrons. The van der Waals surface area contributed by atoms with Crippen molar-refractivity contribution in [2.24, 2.45) is 0 Å². The average molecular weight is 328 g/mol. The summed E-state index contributed by atoms with van der Waals surface area (Å²) in [4.78, 5) is 11.8. The molecule has 0 aliphatic carbocycles. The largest absolute Gasteiger partial charge is 0.465 e. The molecule has 1 aromatic carbocycles. The molecule has 0 saturated carbocycles. The zero-order valence-corrected chi connectivity index (χ0v) is 14.0. The van der Waals surface area contributed by atoms with Crippen molar-refractivity contribution in [3.05, 3.63) is 60.1 Å². The predicted molar refractivity (Wildman–Crippen MR) is 97.3 cm³/mol. The number of anilines is 1. The zero-order valence-electron chi connectivity index (χ0n) is 13.2. The van der Waals surface area contributed by atoms with Gasteiger partial charge in [-0.2, -0.15) is 0 Å². The van der Waals surface area contributed by atoms with Gasteiger partial charge in [0.2, 0.25) is 5.91 Å². The van der Waals surface area contributed by atoms with Gasteiger partial charge in [-0.25, -0.2) is 0 Å². The molecular weight excluding hydrogens is 308 g/mol. The third kappa shape index (κ3) is 5.07. The molecule has 1 amide bonds. The highest BCUT2D eigenvalue weighted by Gasteiger charge is 2.10. The van der Waals surface area contributed by atoms with Crippen LogP contribution in [0.2, 0.25) is 0 Å². The van der Waals surface area contributed by atoms with Gasteiger partial charge in [-0.15, -0.1) is 0 Å². The normalized spacial score (nSPS) is 12.1. The van der Waals surface area contributed by atoms with Gasteiger partial charge in [0.05, 0.1) is 6.26 Å². The summed E-state index contributed by atoms with van der Waals surface area (Å²) in [5, 5.41) is 5.99. The van der Waals surface area contributed by atoms with E-state index in [2.05, 4.69) is 30.5 Å². The Bertz CT molecular complexity index is 693. The SMILES string of the molecule is CC[C@H](C)c1ccccc1NC(=S)NC(=O)/C=C/c1ccco1. The minimum absolute atomic E-state index is 0.273. The Morgan fingerprint density at radius 1 is 1.30 bits per heavy atom. The first-order valence-corrected chi connectivity index (χ1v) is 7.93. The Hall–Kier alpha value is -2.40. The summed E-state index contributed by atoms with van der Waals surface area (Å²) < 4.78 is 5.12. The molecule has 0 unspecified atom stereocenters. The van der Waals surface area contributed by atoms with E-state index >= 15 is 0 Å². The molecule has 0 aliphatic heterocycles. The molecule has 4 nitrogen and oxygen atoms in total. The number of para-hydroxylation sites is 1. The fourth-order valence-corrected chi connectivity index (χ4v) is 2.32. The van der Waals surface area contributed by atoms with Gasteiger partial charge in [-0.1, -0.05) is 32.0 Å². The van der Waals surface area contributed by atoms with Crippen molar-refractivity contribution in [2.75, 3.05) is 5.32 Å². The number of carbonyl (C=O) groups is 1. The van der Waals surface area contributed by atoms with Crippen LogP contribution in [-0.4, -0.2) is 11.0 Å². The van der Waals surface area contributed by atoms with E-state index in [1.807, 2.05) is 18.2 Å². The van der Waals surface area contributed by atoms with E-state index in [4.69, 9.17) is 16.6 Å². The van der Waals surface area contributed by atoms with Gasteiger partial charge in [-0.3, -0.25) is 10.1 Å². The van der Waals surface area contributed by atoms with Crippen LogP contribution in [0.3, 0.4) is 0 Å². The number of hydrogen-bond donors (Lipinski definition) is 2. The smallest absolute Gasteiger partial charge is 0.250 e. The summed E-state index contributed by atoms with van der Waals surface area (Å²) >= 11 is 5.21. The predicted octanol–water partition coefficient (Wildman–Crippen LogP) is 4.32. The van der Waals surface area contributed by atoms with Crippen molar-refractivity contribution >= 4 is 35.0 Å². The lowest BCUT2D eigenvalue weighted by Gasteiger charge is -2.16. The van der Waals surface area contributed by atoms with Crippen molar-refractivity contribution in [1.29, 1.82) is 0 Å². The van der Waals surface area contributed by atoms with Crippen LogP contribution in [0.4, 0.5) is 5.69 Å². The Morgan fingerprint density at radius 2 is 2.09 bits per heavy atom. The van der Waals surface area contributed by atoms with Gasteiger partial charge >= 0.3 is 0 Å². The first kappa shape index (κ1) is 17.0. The summed E-state index contributed by atoms with van der Waals surface area (Å²) in [6.45, 7) is 4.30. The number of nitrogens with one attached hydrogen (secondary N) is 2. The monoisotopic (exact) mass is 328 g/mol. The quantitative estimate of drug-likeness (QED) is 0.634. The van der Waals surface area contributed by atoms with E-state index in [0.717, 1.165) is 12.1 Å². The van der Waals surface area contributed by atoms with Crippen molar-refractivity contribution in [1.82, 2.24) is 5.32 Å². The van der Waals surface area contributed by atoms with Crippen molar-refractivity contribution in [2.45, 2.75) is 26.2 Å². The molecule has 2 N–H and O–H groups in total. The van der Waals surface area contributed by atoms with Crippen LogP contribution in [0.5, 0.6) is 0 Å². The van der Waals surface area contributed by atoms with Gasteiger partial charge in [0.25, 0.3) is 0 Å². The number of furan rings is 1. The van der Waals surface area contributed by atoms with Crippen LogP contribution >= 0.6 is 12.2 Å². The van der Waals surface area contributed by atoms with E-state index in [-0.39, 0.29) is 11.0 Å². The maximum Gasteiger partial charge on any atom is 0.250 e. The van der Waals surface area contributed by atoms with Gasteiger partial charge in [0, 0.05) is 11.8 Å². The molecule has 2 rings (SSSR count). The lowest BCUT2D eigenvalue weighted by molar-refractivity contribution is -0.115. The van der Waals surface area contributed by atoms with Crippen LogP contribution in [-0.2, 0) is 4.79 Å². The van der Waals surface area contributed by atoms with Gasteiger partial charge < -0.3 is 9.73 Å². The molecule has 0 saturated heterocycles. The molecule has 1 heterocycles. The average Bonchev–Trinajstić information content (AvgIpc) is 3.06. The zero-order chi connectivity index (χ0) is 16.7. The summed E-state index contributed by atoms with van der Waals surface area (Å²) in [7, 11) is 0. The molecule has 5 heteroatoms. The summed E-state index contributed by atoms with van der Waals surface area (Å²) in [5.41, 5.74) is 2.10. The number of benzene rings is 1. The lowest BCUT2D eigenvalue weighted by atomic mass is 9.97. The molecule has 0 fully saturated rings. The Kier molecular flexibility index (Phi) is 6.11. The van der Waals surface area contributed by atoms with Crippen LogP contribution in [0, 0.1) is 0 Å². The van der Waals surface area contributed by atoms with E-state index in [0.29, 0.717) is 11.7 Å². The van der Waals surface area contributed by atoms with Crippen LogP contribution in [0.25, 0.3) is 6.08 Å². The Labute approximate surface area is 141 Å². The third-order valence-electron chi connectivity index (χ3n) is 3.53. The van der Waals surface area contributed by atoms with Crippen molar-refractivity contribution in [3.8, 4) is 0 Å². The number of rotatable bonds is 5. The van der Waals surface area contributed by atoms with Crippen LogP contribution in [0.1, 0.15) is 37.5 Å². The molecule has 2 aromatic rings. The second-order valence-electron chi connectivity index (χ2n) is 5.19. The van der Waals surface area contributed by atoms with E-state index < -0.39 is 0 Å². The summed E-state index contributed by atoms with van der Waals surface area (Å²) in [5.74, 6) is 0.720. The maximum atomic E-state index is 11.8. The fourth-order valence-electron chi connectivity index (χ4n) is 2.11. The first-order valence-electron chi connectivity index (χ1n) is 7.52. The Balaban J connectivity index is 1.96. The molecule has 0 aliphatic rings. The van der Waals surface area contributed by atoms with Gasteiger partial charge in [0.15, 0.2) is 5.11 Å². The maximum absolute atomic E-state index is 11.8. The summed E-state index contributed by atoms with van der Waals surface area (Å²) in [6.07, 6.45) is 5.55. The molecule has 0 bridgehead atoms. The molecular formula is C18H20N2O2S. The van der Waals surface area contributed by atoms with E-state index in [9.17, 15) is 4.79 Å². The number of amides is 1. The minimum atomic E-state index is -0.306. The van der Waals surface area contributed by atoms with E-state index in [1.54, 1.807) is 24.5 Å². The minimum Gasteiger partial charge on any atom is -0.465 e. The third-order valence-corrected chi connectivity index (χ3v) is 3.74. The molecule has 1 aromatic heterocycles. The second-order valence-corrected chi connectivity index (χ2v) is 5.60. The highest BCUT2D eigenvalue weighted by atomic mass is 32.1. The van der Waals surface area contributed by atoms with Crippen LogP contribution in [0.15, 0.2) is 53.2 Å². The molecule has 23 heavy (non-hydrogen) atoms. The van der Waals surface area contributed by atoms with Gasteiger partial charge in [0.1, 0.15) is 5.76 Å². The molecule has 0 spiro atoms. The molecule has 0 radical (unpaired) electrons. The second kappa shape index (κ2) is 8.29. The van der Waals surface area contributed by atoms with Crippen LogP contribution < -0.4 is 10.6 Å². The Morgan fingerprint density at radius 3 is 2.78 bits per heavy atom. The summed E-state index contributed by atoms with van der Waals surface area (Å²) in [6, 6.07) is 11.5. The molecule has 1 atom stereocenters. The van der Waals surface area contributed by atoms with Crippen molar-refractivity contribution in [3.63, 3.8) is 0 Å². The standard InChI is InChI=1S/C18H20N2O2S/c1-3-13(2)15-8-4-5-9-16(15)19-18(23)20-17(21)11-10-14-7-6-12-22-14/h4-13H,3H2,1-2H3,(H2,19,20,21,23)/b11-10+/t13-/m0/s1. The number of thiocarbonyl (C=S) groups is 1. The van der Waals surface area contributed by atoms with Gasteiger partial charge in [-0.05, 0) is 54.4 Å². The highest BCUT2D eigenvalue weighted by molar-refractivity contribution is 7.80. The van der Waals surface area contributed by atoms with E-state index in [1.165, 1.54) is 11.6 Å². The number of carbonyl (C=O) groups excluding carboxylic acids is 1. The lowest BCUT2D eigenvalue weighted by Crippen LogP contribution is -2.33.